The van der Waals surface area contributed by atoms with Crippen LogP contribution in [0, 0.1) is 6.92 Å². The number of hydrogen-bond donors (Lipinski definition) is 0. The van der Waals surface area contributed by atoms with Crippen molar-refractivity contribution in [2.75, 3.05) is 31.1 Å². The molecule has 1 heterocycles. The SMILES string of the molecule is CCC(=O)/C=C/c1ccc(S(=O)(=O)N2CCN(c3cccc(C)c3)CC2)cc1. The van der Waals surface area contributed by atoms with Gasteiger partial charge in [-0.2, -0.15) is 4.31 Å². The van der Waals surface area contributed by atoms with Gasteiger partial charge in [0.25, 0.3) is 0 Å². The highest BCUT2D eigenvalue weighted by molar-refractivity contribution is 7.89. The van der Waals surface area contributed by atoms with Crippen LogP contribution in [-0.2, 0) is 14.8 Å². The van der Waals surface area contributed by atoms with Crippen LogP contribution in [0.1, 0.15) is 24.5 Å². The second-order valence-electron chi connectivity index (χ2n) is 6.95. The Morgan fingerprint density at radius 3 is 2.32 bits per heavy atom. The largest absolute Gasteiger partial charge is 0.369 e. The molecule has 0 aromatic heterocycles. The van der Waals surface area contributed by atoms with E-state index in [1.54, 1.807) is 41.6 Å². The van der Waals surface area contributed by atoms with Gasteiger partial charge in [0, 0.05) is 38.3 Å². The molecule has 2 aromatic rings. The van der Waals surface area contributed by atoms with Gasteiger partial charge in [-0.3, -0.25) is 4.79 Å². The van der Waals surface area contributed by atoms with Crippen molar-refractivity contribution in [3.05, 3.63) is 65.7 Å². The number of carbonyl (C=O) groups is 1. The Balaban J connectivity index is 1.67. The van der Waals surface area contributed by atoms with E-state index in [1.807, 2.05) is 6.07 Å². The summed E-state index contributed by atoms with van der Waals surface area (Å²) in [5.74, 6) is 0.0446. The summed E-state index contributed by atoms with van der Waals surface area (Å²) in [7, 11) is -3.51. The molecular weight excluding hydrogens is 372 g/mol. The maximum atomic E-state index is 12.9. The van der Waals surface area contributed by atoms with Crippen LogP contribution in [0.3, 0.4) is 0 Å². The van der Waals surface area contributed by atoms with Crippen molar-refractivity contribution in [2.45, 2.75) is 25.2 Å². The summed E-state index contributed by atoms with van der Waals surface area (Å²) < 4.78 is 27.4. The van der Waals surface area contributed by atoms with Crippen LogP contribution < -0.4 is 4.90 Å². The number of allylic oxidation sites excluding steroid dienone is 1. The van der Waals surface area contributed by atoms with E-state index in [2.05, 4.69) is 30.0 Å². The number of rotatable bonds is 6. The zero-order chi connectivity index (χ0) is 20.1. The number of piperazine rings is 1. The van der Waals surface area contributed by atoms with Crippen LogP contribution >= 0.6 is 0 Å². The zero-order valence-corrected chi connectivity index (χ0v) is 17.2. The Hall–Kier alpha value is -2.44. The van der Waals surface area contributed by atoms with E-state index in [-0.39, 0.29) is 10.7 Å². The monoisotopic (exact) mass is 398 g/mol. The fraction of sp³-hybridized carbons (Fsp3) is 0.318. The van der Waals surface area contributed by atoms with E-state index in [9.17, 15) is 13.2 Å². The smallest absolute Gasteiger partial charge is 0.243 e. The predicted octanol–water partition coefficient (Wildman–Crippen LogP) is 3.50. The number of aryl methyl sites for hydroxylation is 1. The minimum Gasteiger partial charge on any atom is -0.369 e. The van der Waals surface area contributed by atoms with E-state index in [0.717, 1.165) is 11.3 Å². The van der Waals surface area contributed by atoms with Gasteiger partial charge in [-0.05, 0) is 48.4 Å². The number of ketones is 1. The van der Waals surface area contributed by atoms with Gasteiger partial charge in [0.15, 0.2) is 5.78 Å². The third kappa shape index (κ3) is 4.69. The fourth-order valence-corrected chi connectivity index (χ4v) is 4.64. The number of nitrogens with zero attached hydrogens (tertiary/aromatic N) is 2. The summed E-state index contributed by atoms with van der Waals surface area (Å²) in [6.45, 7) is 6.12. The standard InChI is InChI=1S/C22H26N2O3S/c1-3-21(25)10-7-19-8-11-22(12-9-19)28(26,27)24-15-13-23(14-16-24)20-6-4-5-18(2)17-20/h4-12,17H,3,13-16H2,1-2H3/b10-7+. The highest BCUT2D eigenvalue weighted by Gasteiger charge is 2.28. The van der Waals surface area contributed by atoms with E-state index in [4.69, 9.17) is 0 Å². The third-order valence-electron chi connectivity index (χ3n) is 4.93. The lowest BCUT2D eigenvalue weighted by atomic mass is 10.2. The Labute approximate surface area is 167 Å². The summed E-state index contributed by atoms with van der Waals surface area (Å²) in [6, 6.07) is 15.0. The van der Waals surface area contributed by atoms with Crippen molar-refractivity contribution in [2.24, 2.45) is 0 Å². The van der Waals surface area contributed by atoms with Gasteiger partial charge in [0.05, 0.1) is 4.90 Å². The van der Waals surface area contributed by atoms with Gasteiger partial charge in [-0.15, -0.1) is 0 Å². The van der Waals surface area contributed by atoms with Crippen LogP contribution in [-0.4, -0.2) is 44.7 Å². The summed E-state index contributed by atoms with van der Waals surface area (Å²) in [6.07, 6.45) is 3.69. The first-order valence-corrected chi connectivity index (χ1v) is 11.0. The van der Waals surface area contributed by atoms with Gasteiger partial charge >= 0.3 is 0 Å². The molecule has 6 heteroatoms. The van der Waals surface area contributed by atoms with Gasteiger partial charge in [0.1, 0.15) is 0 Å². The van der Waals surface area contributed by atoms with E-state index in [0.29, 0.717) is 32.6 Å². The van der Waals surface area contributed by atoms with E-state index >= 15 is 0 Å². The first-order valence-electron chi connectivity index (χ1n) is 9.53. The molecule has 0 atom stereocenters. The van der Waals surface area contributed by atoms with Crippen LogP contribution in [0.5, 0.6) is 0 Å². The lowest BCUT2D eigenvalue weighted by Gasteiger charge is -2.35. The van der Waals surface area contributed by atoms with E-state index < -0.39 is 10.0 Å². The Bertz CT molecular complexity index is 958. The second-order valence-corrected chi connectivity index (χ2v) is 8.89. The molecule has 2 aromatic carbocycles. The average molecular weight is 399 g/mol. The number of carbonyl (C=O) groups excluding carboxylic acids is 1. The molecule has 0 bridgehead atoms. The molecule has 3 rings (SSSR count). The van der Waals surface area contributed by atoms with Crippen LogP contribution in [0.2, 0.25) is 0 Å². The van der Waals surface area contributed by atoms with Gasteiger partial charge in [-0.25, -0.2) is 8.42 Å². The molecule has 1 aliphatic heterocycles. The van der Waals surface area contributed by atoms with Crippen molar-refractivity contribution in [1.29, 1.82) is 0 Å². The number of sulfonamides is 1. The number of benzene rings is 2. The molecule has 28 heavy (non-hydrogen) atoms. The summed E-state index contributed by atoms with van der Waals surface area (Å²) in [5, 5.41) is 0. The molecule has 0 saturated carbocycles. The first kappa shape index (κ1) is 20.3. The number of hydrogen-bond acceptors (Lipinski definition) is 4. The fourth-order valence-electron chi connectivity index (χ4n) is 3.22. The Kier molecular flexibility index (Phi) is 6.31. The normalized spacial score (nSPS) is 15.9. The molecule has 0 N–H and O–H groups in total. The minimum absolute atomic E-state index is 0.0446. The number of anilines is 1. The van der Waals surface area contributed by atoms with Crippen molar-refractivity contribution in [3.8, 4) is 0 Å². The molecule has 5 nitrogen and oxygen atoms in total. The predicted molar refractivity (Wildman–Crippen MR) is 113 cm³/mol. The molecule has 0 radical (unpaired) electrons. The lowest BCUT2D eigenvalue weighted by Crippen LogP contribution is -2.48. The van der Waals surface area contributed by atoms with Crippen LogP contribution in [0.25, 0.3) is 6.08 Å². The van der Waals surface area contributed by atoms with Gasteiger partial charge in [-0.1, -0.05) is 37.3 Å². The van der Waals surface area contributed by atoms with Crippen molar-refractivity contribution in [3.63, 3.8) is 0 Å². The molecule has 0 unspecified atom stereocenters. The third-order valence-corrected chi connectivity index (χ3v) is 6.85. The quantitative estimate of drug-likeness (QED) is 0.699. The molecule has 0 amide bonds. The Morgan fingerprint density at radius 2 is 1.71 bits per heavy atom. The highest BCUT2D eigenvalue weighted by atomic mass is 32.2. The van der Waals surface area contributed by atoms with Gasteiger partial charge < -0.3 is 4.90 Å². The maximum Gasteiger partial charge on any atom is 0.243 e. The van der Waals surface area contributed by atoms with Crippen molar-refractivity contribution >= 4 is 27.6 Å². The average Bonchev–Trinajstić information content (AvgIpc) is 2.72. The summed E-state index contributed by atoms with van der Waals surface area (Å²) >= 11 is 0. The molecule has 1 fully saturated rings. The topological polar surface area (TPSA) is 57.7 Å². The van der Waals surface area contributed by atoms with Crippen molar-refractivity contribution in [1.82, 2.24) is 4.31 Å². The summed E-state index contributed by atoms with van der Waals surface area (Å²) in [5.41, 5.74) is 3.14. The van der Waals surface area contributed by atoms with Gasteiger partial charge in [0.2, 0.25) is 10.0 Å². The molecule has 1 saturated heterocycles. The molecule has 1 aliphatic rings. The van der Waals surface area contributed by atoms with Crippen LogP contribution in [0.15, 0.2) is 59.5 Å². The Morgan fingerprint density at radius 1 is 1.04 bits per heavy atom. The van der Waals surface area contributed by atoms with E-state index in [1.165, 1.54) is 11.6 Å². The highest BCUT2D eigenvalue weighted by Crippen LogP contribution is 2.22. The molecule has 0 aliphatic carbocycles. The van der Waals surface area contributed by atoms with Crippen molar-refractivity contribution < 1.29 is 13.2 Å². The molecule has 0 spiro atoms. The van der Waals surface area contributed by atoms with Crippen LogP contribution in [0.4, 0.5) is 5.69 Å². The minimum atomic E-state index is -3.51. The second kappa shape index (κ2) is 8.71. The maximum absolute atomic E-state index is 12.9. The molecule has 148 valence electrons. The lowest BCUT2D eigenvalue weighted by molar-refractivity contribution is -0.114. The first-order chi connectivity index (χ1) is 13.4. The molecular formula is C22H26N2O3S. The zero-order valence-electron chi connectivity index (χ0n) is 16.3. The summed E-state index contributed by atoms with van der Waals surface area (Å²) in [4.78, 5) is 13.9.